The van der Waals surface area contributed by atoms with E-state index in [9.17, 15) is 67.7 Å². The standard InChI is InChI=1S/C80H123N9O17/c1-15-51(8)73(87(12)79(102)59(49(4)5)45-64(93)72(50(6)7)86(10)11)65(104-13)46-71(97)88-39-23-27-61(88)76(105-14)52(9)62(91)42-56(40-54-24-18-16-19-25-54)77(100)82-37-35-53-29-31-55(32-30-53)41-63(92)60(26-22-36-83-80(81)103)85-78(101)58(48(2)3)43-57(90)44-66-74(98)75(99)67(106-66)47-84-68(94)28-20-17-21-38-89-69(95)33-34-70(89)96/h16,18-19,24-25,29-34,48-52,56,58-61,65-67,72-76,98-99H,15,17,20-23,26-28,35-47H2,1-14H3,(H,82,100)(H,84,94)(H,85,101)(H3,81,83,103)/t51-,52?,56+,58+,59-,60+,61?,65?,66-,67+,72?,73?,74-,75+,76?/m0/s1. The number of Topliss-reactive ketones (excluding diaryl/α,β-unsaturated/α-hetero) is 4. The first-order valence-corrected chi connectivity index (χ1v) is 38.2. The summed E-state index contributed by atoms with van der Waals surface area (Å²) in [7, 11) is 8.59. The molecular formula is C80H123N9O17. The summed E-state index contributed by atoms with van der Waals surface area (Å²) in [6, 6.07) is 13.6. The van der Waals surface area contributed by atoms with E-state index < -0.39 is 96.1 Å². The van der Waals surface area contributed by atoms with E-state index in [2.05, 4.69) is 21.3 Å². The van der Waals surface area contributed by atoms with Crippen LogP contribution < -0.4 is 27.0 Å². The molecule has 2 fully saturated rings. The quantitative estimate of drug-likeness (QED) is 0.0310. The molecule has 590 valence electrons. The highest BCUT2D eigenvalue weighted by molar-refractivity contribution is 6.12. The van der Waals surface area contributed by atoms with Gasteiger partial charge in [-0.25, -0.2) is 4.79 Å². The minimum Gasteiger partial charge on any atom is -0.388 e. The van der Waals surface area contributed by atoms with Crippen molar-refractivity contribution in [2.45, 2.75) is 232 Å². The van der Waals surface area contributed by atoms with Crippen LogP contribution in [0, 0.1) is 47.3 Å². The summed E-state index contributed by atoms with van der Waals surface area (Å²) in [6.07, 6.45) is 0.0816. The molecule has 26 heteroatoms. The van der Waals surface area contributed by atoms with Crippen LogP contribution in [0.3, 0.4) is 0 Å². The van der Waals surface area contributed by atoms with Gasteiger partial charge in [-0.1, -0.05) is 130 Å². The molecule has 0 spiro atoms. The van der Waals surface area contributed by atoms with Gasteiger partial charge in [-0.15, -0.1) is 0 Å². The number of rotatable bonds is 48. The van der Waals surface area contributed by atoms with Gasteiger partial charge in [0, 0.05) is 128 Å². The Labute approximate surface area is 627 Å². The lowest BCUT2D eigenvalue weighted by Crippen LogP contribution is -2.54. The molecule has 0 bridgehead atoms. The van der Waals surface area contributed by atoms with Gasteiger partial charge in [0.05, 0.1) is 48.9 Å². The van der Waals surface area contributed by atoms with E-state index >= 15 is 0 Å². The number of hydrogen-bond donors (Lipinski definition) is 7. The van der Waals surface area contributed by atoms with Crippen LogP contribution in [0.4, 0.5) is 4.79 Å². The van der Waals surface area contributed by atoms with Crippen molar-refractivity contribution in [1.82, 2.24) is 40.9 Å². The number of ether oxygens (including phenoxy) is 3. The third-order valence-electron chi connectivity index (χ3n) is 21.5. The Bertz CT molecular complexity index is 3250. The molecule has 0 radical (unpaired) electrons. The number of nitrogens with one attached hydrogen (secondary N) is 4. The van der Waals surface area contributed by atoms with Gasteiger partial charge in [-0.05, 0) is 106 Å². The fraction of sp³-hybridized carbons (Fsp3) is 0.675. The smallest absolute Gasteiger partial charge is 0.312 e. The number of carbonyl (C=O) groups excluding carboxylic acids is 12. The van der Waals surface area contributed by atoms with Crippen molar-refractivity contribution in [2.75, 3.05) is 68.1 Å². The highest BCUT2D eigenvalue weighted by atomic mass is 16.5. The summed E-state index contributed by atoms with van der Waals surface area (Å²) >= 11 is 0. The number of nitrogens with zero attached hydrogens (tertiary/aromatic N) is 4. The number of amides is 9. The number of imide groups is 1. The zero-order chi connectivity index (χ0) is 78.6. The average Bonchev–Trinajstić information content (AvgIpc) is 1.47. The molecule has 6 unspecified atom stereocenters. The lowest BCUT2D eigenvalue weighted by atomic mass is 9.83. The molecule has 2 saturated heterocycles. The zero-order valence-corrected chi connectivity index (χ0v) is 65.2. The number of aliphatic hydroxyl groups excluding tert-OH is 2. The van der Waals surface area contributed by atoms with Crippen LogP contribution in [0.15, 0.2) is 66.7 Å². The highest BCUT2D eigenvalue weighted by Crippen LogP contribution is 2.33. The summed E-state index contributed by atoms with van der Waals surface area (Å²) in [5.74, 6) is -6.71. The summed E-state index contributed by atoms with van der Waals surface area (Å²) in [5.41, 5.74) is 7.67. The number of likely N-dealkylation sites (tertiary alicyclic amines) is 1. The summed E-state index contributed by atoms with van der Waals surface area (Å²) in [4.78, 5) is 168. The Kier molecular flexibility index (Phi) is 36.9. The first-order valence-electron chi connectivity index (χ1n) is 38.2. The Morgan fingerprint density at radius 1 is 0.679 bits per heavy atom. The molecular weight excluding hydrogens is 1360 g/mol. The molecule has 9 amide bonds. The van der Waals surface area contributed by atoms with Gasteiger partial charge in [0.1, 0.15) is 29.9 Å². The van der Waals surface area contributed by atoms with E-state index in [0.29, 0.717) is 57.1 Å². The largest absolute Gasteiger partial charge is 0.388 e. The van der Waals surface area contributed by atoms with E-state index in [1.54, 1.807) is 56.9 Å². The number of methoxy groups -OCH3 is 2. The van der Waals surface area contributed by atoms with Crippen molar-refractivity contribution in [2.24, 2.45) is 53.1 Å². The van der Waals surface area contributed by atoms with Crippen molar-refractivity contribution >= 4 is 70.5 Å². The second-order valence-electron chi connectivity index (χ2n) is 30.6. The minimum atomic E-state index is -1.46. The van der Waals surface area contributed by atoms with Crippen molar-refractivity contribution in [3.8, 4) is 0 Å². The average molecular weight is 1480 g/mol. The van der Waals surface area contributed by atoms with Crippen molar-refractivity contribution in [3.63, 3.8) is 0 Å². The van der Waals surface area contributed by atoms with Crippen molar-refractivity contribution < 1.29 is 82.0 Å². The van der Waals surface area contributed by atoms with E-state index in [1.807, 2.05) is 103 Å². The molecule has 0 aromatic heterocycles. The number of urea groups is 1. The predicted molar refractivity (Wildman–Crippen MR) is 401 cm³/mol. The number of ketones is 4. The van der Waals surface area contributed by atoms with E-state index in [1.165, 1.54) is 19.3 Å². The van der Waals surface area contributed by atoms with Crippen LogP contribution >= 0.6 is 0 Å². The summed E-state index contributed by atoms with van der Waals surface area (Å²) < 4.78 is 18.1. The number of likely N-dealkylation sites (N-methyl/N-ethyl adjacent to an activating group) is 2. The van der Waals surface area contributed by atoms with Gasteiger partial charge >= 0.3 is 6.03 Å². The number of hydrogen-bond acceptors (Lipinski definition) is 18. The van der Waals surface area contributed by atoms with Crippen LogP contribution in [-0.2, 0) is 86.2 Å². The Balaban J connectivity index is 1.17. The van der Waals surface area contributed by atoms with Gasteiger partial charge in [-0.3, -0.25) is 62.5 Å². The number of primary amides is 1. The first-order chi connectivity index (χ1) is 50.2. The first kappa shape index (κ1) is 89.0. The van der Waals surface area contributed by atoms with Crippen LogP contribution in [0.2, 0.25) is 0 Å². The number of nitrogens with two attached hydrogens (primary N) is 1. The topological polar surface area (TPSA) is 360 Å². The maximum absolute atomic E-state index is 14.7. The van der Waals surface area contributed by atoms with Gasteiger partial charge in [0.15, 0.2) is 11.6 Å². The SMILES string of the molecule is CC[C@H](C)C(C(CC(=O)N1CCCC1C(OC)C(C)C(=O)C[C@@H](Cc1ccccc1)C(=O)NCCc1ccc(CC(=O)[C@@H](CCCNC(N)=O)NC(=O)[C@H](CC(=O)C[C@@H]2O[C@H](CNC(=O)CCCCCN3C(=O)C=CC3=O)[C@@H](O)[C@H]2O)C(C)C)cc1)OC)N(C)C(=O)[C@@H](CC(=O)C(C(C)C)N(C)C)C(C)C. The Morgan fingerprint density at radius 3 is 1.92 bits per heavy atom. The van der Waals surface area contributed by atoms with E-state index in [4.69, 9.17) is 19.9 Å². The highest BCUT2D eigenvalue weighted by Gasteiger charge is 2.46. The third kappa shape index (κ3) is 26.7. The van der Waals surface area contributed by atoms with Crippen LogP contribution in [0.5, 0.6) is 0 Å². The van der Waals surface area contributed by atoms with Gasteiger partial charge < -0.3 is 61.2 Å². The molecule has 3 heterocycles. The molecule has 106 heavy (non-hydrogen) atoms. The summed E-state index contributed by atoms with van der Waals surface area (Å²) in [5, 5.41) is 32.8. The number of unbranched alkanes of at least 4 members (excludes halogenated alkanes) is 2. The fourth-order valence-electron chi connectivity index (χ4n) is 15.2. The van der Waals surface area contributed by atoms with Gasteiger partial charge in [-0.2, -0.15) is 0 Å². The Hall–Kier alpha value is -7.62. The van der Waals surface area contributed by atoms with Gasteiger partial charge in [0.25, 0.3) is 11.8 Å². The lowest BCUT2D eigenvalue weighted by Gasteiger charge is -2.41. The second-order valence-corrected chi connectivity index (χ2v) is 30.6. The monoisotopic (exact) mass is 1480 g/mol. The van der Waals surface area contributed by atoms with Gasteiger partial charge in [0.2, 0.25) is 29.5 Å². The van der Waals surface area contributed by atoms with Crippen LogP contribution in [0.25, 0.3) is 0 Å². The number of carbonyl (C=O) groups is 12. The predicted octanol–water partition coefficient (Wildman–Crippen LogP) is 5.66. The van der Waals surface area contributed by atoms with Crippen LogP contribution in [0.1, 0.15) is 169 Å². The molecule has 15 atom stereocenters. The lowest BCUT2D eigenvalue weighted by molar-refractivity contribution is -0.149. The fourth-order valence-corrected chi connectivity index (χ4v) is 15.2. The molecule has 8 N–H and O–H groups in total. The molecule has 26 nitrogen and oxygen atoms in total. The molecule has 3 aliphatic heterocycles. The number of benzene rings is 2. The molecule has 0 saturated carbocycles. The van der Waals surface area contributed by atoms with Crippen LogP contribution in [-0.4, -0.2) is 229 Å². The third-order valence-corrected chi connectivity index (χ3v) is 21.5. The maximum Gasteiger partial charge on any atom is 0.312 e. The zero-order valence-electron chi connectivity index (χ0n) is 65.2. The molecule has 5 rings (SSSR count). The van der Waals surface area contributed by atoms with E-state index in [-0.39, 0.29) is 173 Å². The van der Waals surface area contributed by atoms with Crippen molar-refractivity contribution in [1.29, 1.82) is 0 Å². The van der Waals surface area contributed by atoms with E-state index in [0.717, 1.165) is 16.0 Å². The number of aliphatic hydroxyl groups is 2. The summed E-state index contributed by atoms with van der Waals surface area (Å²) in [6.45, 7) is 18.2. The molecule has 0 aliphatic carbocycles. The molecule has 2 aromatic carbocycles. The molecule has 2 aromatic rings. The van der Waals surface area contributed by atoms with Crippen molar-refractivity contribution in [3.05, 3.63) is 83.4 Å². The maximum atomic E-state index is 14.7. The normalized spacial score (nSPS) is 20.2. The Morgan fingerprint density at radius 2 is 1.32 bits per heavy atom. The molecule has 3 aliphatic rings. The second kappa shape index (κ2) is 44.0. The minimum absolute atomic E-state index is 0.00900.